The van der Waals surface area contributed by atoms with Crippen LogP contribution in [0.1, 0.15) is 25.0 Å². The SMILES string of the molecule is CCc1ccc(NC(=O)[C@H](C)OC(=O)Cc2ccsc2)cc1. The van der Waals surface area contributed by atoms with Crippen molar-refractivity contribution < 1.29 is 14.3 Å². The maximum Gasteiger partial charge on any atom is 0.311 e. The Bertz CT molecular complexity index is 620. The number of rotatable bonds is 6. The van der Waals surface area contributed by atoms with E-state index in [1.165, 1.54) is 16.9 Å². The van der Waals surface area contributed by atoms with Crippen molar-refractivity contribution in [3.8, 4) is 0 Å². The van der Waals surface area contributed by atoms with Crippen LogP contribution in [0.4, 0.5) is 5.69 Å². The molecule has 0 radical (unpaired) electrons. The maximum absolute atomic E-state index is 12.0. The van der Waals surface area contributed by atoms with Crippen LogP contribution in [0, 0.1) is 0 Å². The Morgan fingerprint density at radius 2 is 1.91 bits per heavy atom. The van der Waals surface area contributed by atoms with Gasteiger partial charge in [0.15, 0.2) is 6.10 Å². The number of benzene rings is 1. The highest BCUT2D eigenvalue weighted by atomic mass is 32.1. The second kappa shape index (κ2) is 7.75. The lowest BCUT2D eigenvalue weighted by molar-refractivity contribution is -0.152. The molecule has 5 heteroatoms. The summed E-state index contributed by atoms with van der Waals surface area (Å²) in [4.78, 5) is 23.8. The lowest BCUT2D eigenvalue weighted by atomic mass is 10.1. The Morgan fingerprint density at radius 1 is 1.18 bits per heavy atom. The zero-order chi connectivity index (χ0) is 15.9. The number of nitrogens with one attached hydrogen (secondary N) is 1. The van der Waals surface area contributed by atoms with E-state index in [2.05, 4.69) is 12.2 Å². The van der Waals surface area contributed by atoms with Gasteiger partial charge < -0.3 is 10.1 Å². The summed E-state index contributed by atoms with van der Waals surface area (Å²) in [7, 11) is 0. The van der Waals surface area contributed by atoms with E-state index >= 15 is 0 Å². The Kier molecular flexibility index (Phi) is 5.72. The first-order valence-electron chi connectivity index (χ1n) is 7.19. The van der Waals surface area contributed by atoms with Crippen molar-refractivity contribution in [3.05, 3.63) is 52.2 Å². The van der Waals surface area contributed by atoms with Crippen LogP contribution in [0.3, 0.4) is 0 Å². The molecule has 1 aromatic heterocycles. The molecule has 0 saturated heterocycles. The molecule has 4 nitrogen and oxygen atoms in total. The highest BCUT2D eigenvalue weighted by Crippen LogP contribution is 2.12. The van der Waals surface area contributed by atoms with Gasteiger partial charge in [-0.05, 0) is 53.4 Å². The summed E-state index contributed by atoms with van der Waals surface area (Å²) in [5.74, 6) is -0.731. The van der Waals surface area contributed by atoms with Crippen LogP contribution in [0.15, 0.2) is 41.1 Å². The van der Waals surface area contributed by atoms with Crippen LogP contribution in [0.2, 0.25) is 0 Å². The molecule has 0 fully saturated rings. The molecule has 116 valence electrons. The monoisotopic (exact) mass is 317 g/mol. The van der Waals surface area contributed by atoms with Gasteiger partial charge in [-0.3, -0.25) is 9.59 Å². The van der Waals surface area contributed by atoms with E-state index in [4.69, 9.17) is 4.74 Å². The van der Waals surface area contributed by atoms with Crippen molar-refractivity contribution in [2.75, 3.05) is 5.32 Å². The molecular weight excluding hydrogens is 298 g/mol. The van der Waals surface area contributed by atoms with Crippen LogP contribution >= 0.6 is 11.3 Å². The number of anilines is 1. The van der Waals surface area contributed by atoms with Crippen LogP contribution in [0.5, 0.6) is 0 Å². The van der Waals surface area contributed by atoms with E-state index in [9.17, 15) is 9.59 Å². The highest BCUT2D eigenvalue weighted by molar-refractivity contribution is 7.07. The minimum Gasteiger partial charge on any atom is -0.452 e. The summed E-state index contributed by atoms with van der Waals surface area (Å²) in [5.41, 5.74) is 2.80. The molecule has 1 N–H and O–H groups in total. The number of esters is 1. The van der Waals surface area contributed by atoms with E-state index < -0.39 is 12.1 Å². The highest BCUT2D eigenvalue weighted by Gasteiger charge is 2.18. The fourth-order valence-electron chi connectivity index (χ4n) is 1.92. The average Bonchev–Trinajstić information content (AvgIpc) is 3.00. The molecule has 2 aromatic rings. The number of ether oxygens (including phenoxy) is 1. The van der Waals surface area contributed by atoms with Gasteiger partial charge in [-0.15, -0.1) is 0 Å². The van der Waals surface area contributed by atoms with Gasteiger partial charge in [0.1, 0.15) is 0 Å². The van der Waals surface area contributed by atoms with Crippen molar-refractivity contribution in [2.24, 2.45) is 0 Å². The van der Waals surface area contributed by atoms with Gasteiger partial charge in [-0.2, -0.15) is 11.3 Å². The zero-order valence-electron chi connectivity index (χ0n) is 12.7. The second-order valence-electron chi connectivity index (χ2n) is 4.98. The number of carbonyl (C=O) groups excluding carboxylic acids is 2. The maximum atomic E-state index is 12.0. The molecule has 0 spiro atoms. The third-order valence-electron chi connectivity index (χ3n) is 3.24. The molecule has 0 saturated carbocycles. The van der Waals surface area contributed by atoms with Crippen molar-refractivity contribution in [1.82, 2.24) is 0 Å². The predicted molar refractivity (Wildman–Crippen MR) is 88.0 cm³/mol. The Labute approximate surface area is 134 Å². The lowest BCUT2D eigenvalue weighted by Crippen LogP contribution is -2.30. The minimum absolute atomic E-state index is 0.187. The van der Waals surface area contributed by atoms with Gasteiger partial charge in [-0.25, -0.2) is 0 Å². The van der Waals surface area contributed by atoms with Gasteiger partial charge in [0, 0.05) is 5.69 Å². The van der Waals surface area contributed by atoms with Crippen molar-refractivity contribution >= 4 is 28.9 Å². The van der Waals surface area contributed by atoms with Crippen molar-refractivity contribution in [2.45, 2.75) is 32.8 Å². The quantitative estimate of drug-likeness (QED) is 0.831. The molecule has 0 aliphatic carbocycles. The predicted octanol–water partition coefficient (Wildman–Crippen LogP) is 3.42. The molecule has 1 atom stereocenters. The average molecular weight is 317 g/mol. The van der Waals surface area contributed by atoms with Crippen LogP contribution in [-0.2, 0) is 27.2 Å². The molecule has 0 aliphatic heterocycles. The number of hydrogen-bond acceptors (Lipinski definition) is 4. The fraction of sp³-hybridized carbons (Fsp3) is 0.294. The summed E-state index contributed by atoms with van der Waals surface area (Å²) >= 11 is 1.52. The van der Waals surface area contributed by atoms with Crippen molar-refractivity contribution in [3.63, 3.8) is 0 Å². The molecule has 1 amide bonds. The first-order chi connectivity index (χ1) is 10.6. The standard InChI is InChI=1S/C17H19NO3S/c1-3-13-4-6-15(7-5-13)18-17(20)12(2)21-16(19)10-14-8-9-22-11-14/h4-9,11-12H,3,10H2,1-2H3,(H,18,20)/t12-/m0/s1. The Hall–Kier alpha value is -2.14. The van der Waals surface area contributed by atoms with E-state index in [0.717, 1.165) is 12.0 Å². The smallest absolute Gasteiger partial charge is 0.311 e. The first kappa shape index (κ1) is 16.2. The van der Waals surface area contributed by atoms with Gasteiger partial charge in [0.05, 0.1) is 6.42 Å². The molecule has 22 heavy (non-hydrogen) atoms. The topological polar surface area (TPSA) is 55.4 Å². The van der Waals surface area contributed by atoms with E-state index in [0.29, 0.717) is 5.69 Å². The summed E-state index contributed by atoms with van der Waals surface area (Å²) < 4.78 is 5.16. The summed E-state index contributed by atoms with van der Waals surface area (Å²) in [6, 6.07) is 9.48. The molecule has 0 aliphatic rings. The van der Waals surface area contributed by atoms with Crippen LogP contribution < -0.4 is 5.32 Å². The minimum atomic E-state index is -0.822. The summed E-state index contributed by atoms with van der Waals surface area (Å²) in [6.07, 6.45) is 0.314. The fourth-order valence-corrected chi connectivity index (χ4v) is 2.59. The zero-order valence-corrected chi connectivity index (χ0v) is 13.5. The summed E-state index contributed by atoms with van der Waals surface area (Å²) in [6.45, 7) is 3.64. The third-order valence-corrected chi connectivity index (χ3v) is 3.97. The second-order valence-corrected chi connectivity index (χ2v) is 5.76. The first-order valence-corrected chi connectivity index (χ1v) is 8.13. The summed E-state index contributed by atoms with van der Waals surface area (Å²) in [5, 5.41) is 6.53. The van der Waals surface area contributed by atoms with E-state index in [-0.39, 0.29) is 12.3 Å². The Morgan fingerprint density at radius 3 is 2.50 bits per heavy atom. The van der Waals surface area contributed by atoms with Crippen LogP contribution in [0.25, 0.3) is 0 Å². The largest absolute Gasteiger partial charge is 0.452 e. The Balaban J connectivity index is 1.84. The third kappa shape index (κ3) is 4.70. The van der Waals surface area contributed by atoms with Gasteiger partial charge in [-0.1, -0.05) is 19.1 Å². The lowest BCUT2D eigenvalue weighted by Gasteiger charge is -2.13. The van der Waals surface area contributed by atoms with Crippen molar-refractivity contribution in [1.29, 1.82) is 0 Å². The van der Waals surface area contributed by atoms with Gasteiger partial charge in [0.25, 0.3) is 5.91 Å². The molecule has 0 bridgehead atoms. The van der Waals surface area contributed by atoms with Crippen LogP contribution in [-0.4, -0.2) is 18.0 Å². The number of aryl methyl sites for hydroxylation is 1. The number of hydrogen-bond donors (Lipinski definition) is 1. The van der Waals surface area contributed by atoms with E-state index in [1.54, 1.807) is 6.92 Å². The number of carbonyl (C=O) groups is 2. The molecule has 1 aromatic carbocycles. The molecule has 1 heterocycles. The number of thiophene rings is 1. The van der Waals surface area contributed by atoms with Gasteiger partial charge >= 0.3 is 5.97 Å². The molecular formula is C17H19NO3S. The van der Waals surface area contributed by atoms with Gasteiger partial charge in [0.2, 0.25) is 0 Å². The molecule has 0 unspecified atom stereocenters. The number of amides is 1. The molecule has 2 rings (SSSR count). The normalized spacial score (nSPS) is 11.7. The van der Waals surface area contributed by atoms with E-state index in [1.807, 2.05) is 41.1 Å².